The summed E-state index contributed by atoms with van der Waals surface area (Å²) in [5.41, 5.74) is 10.6. The van der Waals surface area contributed by atoms with E-state index in [0.717, 1.165) is 68.7 Å². The van der Waals surface area contributed by atoms with Gasteiger partial charge in [-0.25, -0.2) is 14.8 Å². The molecule has 4 aromatic heterocycles. The predicted molar refractivity (Wildman–Crippen MR) is 146 cm³/mol. The fraction of sp³-hybridized carbons (Fsp3) is 0.333. The summed E-state index contributed by atoms with van der Waals surface area (Å²) in [7, 11) is 1.67. The summed E-state index contributed by atoms with van der Waals surface area (Å²) >= 11 is 1.60. The summed E-state index contributed by atoms with van der Waals surface area (Å²) in [6.45, 7) is 0.476. The monoisotopic (exact) mass is 589 g/mol. The molecule has 14 heteroatoms. The summed E-state index contributed by atoms with van der Waals surface area (Å²) < 4.78 is 46.3. The van der Waals surface area contributed by atoms with E-state index in [9.17, 15) is 18.3 Å². The highest BCUT2D eigenvalue weighted by atomic mass is 32.1. The van der Waals surface area contributed by atoms with Crippen LogP contribution in [0.3, 0.4) is 0 Å². The second-order valence-electron chi connectivity index (χ2n) is 9.58. The van der Waals surface area contributed by atoms with Crippen molar-refractivity contribution in [1.29, 1.82) is 0 Å². The SMILES string of the molecule is COCc1nc2cccc(-c3cc4c(-c5cnn([C@H]6CC[C@H](O)CC6)c5)cnc(N)c4o3)c2s1.O=C(O)C(F)(F)F. The molecule has 10 nitrogen and oxygen atoms in total. The quantitative estimate of drug-likeness (QED) is 0.231. The largest absolute Gasteiger partial charge is 0.490 e. The fourth-order valence-electron chi connectivity index (χ4n) is 4.78. The molecule has 0 unspecified atom stereocenters. The highest BCUT2D eigenvalue weighted by Gasteiger charge is 2.38. The number of halogens is 3. The first-order chi connectivity index (χ1) is 19.5. The van der Waals surface area contributed by atoms with Gasteiger partial charge in [-0.2, -0.15) is 18.3 Å². The number of furan rings is 1. The molecule has 1 aromatic carbocycles. The number of aromatic nitrogens is 4. The molecule has 0 spiro atoms. The van der Waals surface area contributed by atoms with Crippen LogP contribution in [0.5, 0.6) is 0 Å². The average Bonchev–Trinajstić information content (AvgIpc) is 3.68. The molecule has 1 fully saturated rings. The van der Waals surface area contributed by atoms with E-state index in [2.05, 4.69) is 21.3 Å². The third-order valence-electron chi connectivity index (χ3n) is 6.78. The van der Waals surface area contributed by atoms with Gasteiger partial charge in [-0.3, -0.25) is 4.68 Å². The Morgan fingerprint density at radius 2 is 1.95 bits per heavy atom. The van der Waals surface area contributed by atoms with E-state index in [-0.39, 0.29) is 6.10 Å². The molecule has 216 valence electrons. The summed E-state index contributed by atoms with van der Waals surface area (Å²) in [6, 6.07) is 8.35. The van der Waals surface area contributed by atoms with Crippen LogP contribution in [-0.4, -0.2) is 55.3 Å². The zero-order chi connectivity index (χ0) is 29.3. The van der Waals surface area contributed by atoms with Gasteiger partial charge in [0.25, 0.3) is 0 Å². The Morgan fingerprint density at radius 1 is 1.22 bits per heavy atom. The van der Waals surface area contributed by atoms with Crippen LogP contribution in [0, 0.1) is 0 Å². The number of alkyl halides is 3. The van der Waals surface area contributed by atoms with Crippen LogP contribution in [0.25, 0.3) is 43.6 Å². The van der Waals surface area contributed by atoms with Gasteiger partial charge in [0, 0.05) is 41.6 Å². The van der Waals surface area contributed by atoms with Crippen molar-refractivity contribution >= 4 is 44.3 Å². The number of thiazole rings is 1. The molecule has 4 N–H and O–H groups in total. The minimum Gasteiger partial charge on any atom is -0.475 e. The van der Waals surface area contributed by atoms with Crippen molar-refractivity contribution < 1.29 is 37.3 Å². The lowest BCUT2D eigenvalue weighted by Gasteiger charge is -2.25. The number of carbonyl (C=O) groups is 1. The van der Waals surface area contributed by atoms with E-state index in [1.54, 1.807) is 24.6 Å². The molecule has 1 aliphatic rings. The molecule has 0 saturated heterocycles. The van der Waals surface area contributed by atoms with Crippen molar-refractivity contribution in [2.75, 3.05) is 12.8 Å². The Hall–Kier alpha value is -4.01. The number of carboxylic acids is 1. The highest BCUT2D eigenvalue weighted by Crippen LogP contribution is 2.40. The molecule has 41 heavy (non-hydrogen) atoms. The van der Waals surface area contributed by atoms with Crippen LogP contribution in [0.1, 0.15) is 36.7 Å². The second kappa shape index (κ2) is 11.5. The third-order valence-corrected chi connectivity index (χ3v) is 7.85. The minimum absolute atomic E-state index is 0.190. The van der Waals surface area contributed by atoms with Crippen LogP contribution < -0.4 is 5.73 Å². The van der Waals surface area contributed by atoms with E-state index in [0.29, 0.717) is 24.0 Å². The number of carboxylic acid groups (broad SMARTS) is 1. The van der Waals surface area contributed by atoms with Gasteiger partial charge in [0.15, 0.2) is 11.4 Å². The molecule has 1 aliphatic carbocycles. The lowest BCUT2D eigenvalue weighted by Crippen LogP contribution is -2.21. The number of hydrogen-bond acceptors (Lipinski definition) is 9. The highest BCUT2D eigenvalue weighted by molar-refractivity contribution is 7.19. The number of hydrogen-bond donors (Lipinski definition) is 3. The van der Waals surface area contributed by atoms with E-state index in [1.807, 2.05) is 35.1 Å². The number of aliphatic carboxylic acids is 1. The number of nitrogens with two attached hydrogens (primary N) is 1. The molecule has 6 rings (SSSR count). The second-order valence-corrected chi connectivity index (χ2v) is 10.7. The Labute approximate surface area is 235 Å². The Balaban J connectivity index is 0.000000431. The number of aliphatic hydroxyl groups is 1. The molecule has 0 bridgehead atoms. The van der Waals surface area contributed by atoms with Gasteiger partial charge in [0.2, 0.25) is 0 Å². The molecular formula is C27H26F3N5O5S. The summed E-state index contributed by atoms with van der Waals surface area (Å²) in [4.78, 5) is 18.0. The first-order valence-corrected chi connectivity index (χ1v) is 13.4. The Kier molecular flexibility index (Phi) is 7.98. The zero-order valence-electron chi connectivity index (χ0n) is 21.8. The summed E-state index contributed by atoms with van der Waals surface area (Å²) in [5.74, 6) is -1.68. The summed E-state index contributed by atoms with van der Waals surface area (Å²) in [6.07, 6.45) is 3.92. The van der Waals surface area contributed by atoms with Gasteiger partial charge < -0.3 is 25.1 Å². The Bertz CT molecular complexity index is 1690. The van der Waals surface area contributed by atoms with Crippen molar-refractivity contribution in [3.05, 3.63) is 47.9 Å². The Morgan fingerprint density at radius 3 is 2.63 bits per heavy atom. The number of fused-ring (bicyclic) bond motifs is 2. The fourth-order valence-corrected chi connectivity index (χ4v) is 5.83. The van der Waals surface area contributed by atoms with Crippen molar-refractivity contribution in [1.82, 2.24) is 19.7 Å². The van der Waals surface area contributed by atoms with Crippen LogP contribution in [0.4, 0.5) is 19.0 Å². The normalized spacial score (nSPS) is 17.5. The maximum Gasteiger partial charge on any atom is 0.490 e. The van der Waals surface area contributed by atoms with E-state index >= 15 is 0 Å². The van der Waals surface area contributed by atoms with Crippen LogP contribution in [0.2, 0.25) is 0 Å². The molecule has 0 atom stereocenters. The smallest absolute Gasteiger partial charge is 0.475 e. The van der Waals surface area contributed by atoms with Gasteiger partial charge in [-0.15, -0.1) is 11.3 Å². The number of nitrogen functional groups attached to an aromatic ring is 1. The predicted octanol–water partition coefficient (Wildman–Crippen LogP) is 5.81. The standard InChI is InChI=1S/C25H25N5O3S.C2HF3O2/c1-32-13-22-29-20-4-2-3-17(24(20)34-22)21-9-18-19(11-27-25(26)23(18)33-21)14-10-28-30(12-14)15-5-7-16(31)8-6-15;3-2(4,5)1(6)7/h2-4,9-12,15-16,31H,5-8,13H2,1H3,(H2,26,27);(H,6,7)/t15-,16-;. The number of pyridine rings is 1. The van der Waals surface area contributed by atoms with E-state index in [4.69, 9.17) is 24.8 Å². The molecule has 1 saturated carbocycles. The van der Waals surface area contributed by atoms with Crippen molar-refractivity contribution in [3.8, 4) is 22.5 Å². The van der Waals surface area contributed by atoms with Crippen molar-refractivity contribution in [3.63, 3.8) is 0 Å². The number of rotatable bonds is 5. The van der Waals surface area contributed by atoms with E-state index in [1.165, 1.54) is 0 Å². The average molecular weight is 590 g/mol. The number of methoxy groups -OCH3 is 1. The molecule has 0 aliphatic heterocycles. The number of anilines is 1. The van der Waals surface area contributed by atoms with Crippen LogP contribution in [0.15, 0.2) is 47.3 Å². The maximum absolute atomic E-state index is 10.6. The first kappa shape index (κ1) is 28.5. The zero-order valence-corrected chi connectivity index (χ0v) is 22.6. The van der Waals surface area contributed by atoms with Crippen molar-refractivity contribution in [2.24, 2.45) is 0 Å². The van der Waals surface area contributed by atoms with Crippen molar-refractivity contribution in [2.45, 2.75) is 50.6 Å². The molecule has 4 heterocycles. The molecule has 5 aromatic rings. The summed E-state index contributed by atoms with van der Waals surface area (Å²) in [5, 5.41) is 23.4. The maximum atomic E-state index is 10.6. The lowest BCUT2D eigenvalue weighted by molar-refractivity contribution is -0.192. The number of aliphatic hydroxyl groups excluding tert-OH is 1. The van der Waals surface area contributed by atoms with Gasteiger partial charge >= 0.3 is 12.1 Å². The number of ether oxygens (including phenoxy) is 1. The number of nitrogens with zero attached hydrogens (tertiary/aromatic N) is 4. The lowest BCUT2D eigenvalue weighted by atomic mass is 9.93. The van der Waals surface area contributed by atoms with Gasteiger partial charge in [-0.1, -0.05) is 6.07 Å². The van der Waals surface area contributed by atoms with Gasteiger partial charge in [0.1, 0.15) is 10.8 Å². The van der Waals surface area contributed by atoms with E-state index < -0.39 is 12.1 Å². The molecule has 0 amide bonds. The molecule has 0 radical (unpaired) electrons. The number of benzene rings is 1. The third kappa shape index (κ3) is 6.04. The van der Waals surface area contributed by atoms with Gasteiger partial charge in [0.05, 0.1) is 35.2 Å². The first-order valence-electron chi connectivity index (χ1n) is 12.6. The molecular weight excluding hydrogens is 563 g/mol. The van der Waals surface area contributed by atoms with Crippen LogP contribution in [-0.2, 0) is 16.1 Å². The van der Waals surface area contributed by atoms with Crippen LogP contribution >= 0.6 is 11.3 Å². The topological polar surface area (TPSA) is 150 Å². The van der Waals surface area contributed by atoms with Gasteiger partial charge in [-0.05, 0) is 43.9 Å². The minimum atomic E-state index is -5.08.